The van der Waals surface area contributed by atoms with Crippen LogP contribution in [-0.4, -0.2) is 29.6 Å². The van der Waals surface area contributed by atoms with Crippen molar-refractivity contribution in [3.63, 3.8) is 0 Å². The Morgan fingerprint density at radius 3 is 2.36 bits per heavy atom. The summed E-state index contributed by atoms with van der Waals surface area (Å²) in [5, 5.41) is 20.8. The van der Waals surface area contributed by atoms with Gasteiger partial charge in [0.15, 0.2) is 6.29 Å². The second kappa shape index (κ2) is 5.75. The molecule has 14 heavy (non-hydrogen) atoms. The molecule has 0 fully saturated rings. The van der Waals surface area contributed by atoms with E-state index in [1.54, 1.807) is 7.05 Å². The summed E-state index contributed by atoms with van der Waals surface area (Å²) in [5.41, 5.74) is 1.22. The highest BCUT2D eigenvalue weighted by Crippen LogP contribution is 2.06. The first-order valence-corrected chi connectivity index (χ1v) is 4.81. The Morgan fingerprint density at radius 2 is 1.86 bits per heavy atom. The molecule has 1 unspecified atom stereocenters. The Kier molecular flexibility index (Phi) is 4.59. The lowest BCUT2D eigenvalue weighted by atomic mass is 10.1. The van der Waals surface area contributed by atoms with E-state index in [2.05, 4.69) is 5.32 Å². The van der Waals surface area contributed by atoms with E-state index in [9.17, 15) is 0 Å². The van der Waals surface area contributed by atoms with Gasteiger partial charge < -0.3 is 15.5 Å². The second-order valence-corrected chi connectivity index (χ2v) is 3.33. The minimum atomic E-state index is -1.29. The Bertz CT molecular complexity index is 249. The first-order chi connectivity index (χ1) is 6.74. The molecular formula is C11H17NO2. The molecule has 0 saturated carbocycles. The van der Waals surface area contributed by atoms with Crippen LogP contribution in [0.15, 0.2) is 30.3 Å². The van der Waals surface area contributed by atoms with Gasteiger partial charge in [-0.05, 0) is 25.5 Å². The van der Waals surface area contributed by atoms with Gasteiger partial charge in [-0.25, -0.2) is 0 Å². The summed E-state index contributed by atoms with van der Waals surface area (Å²) in [6, 6.07) is 9.76. The van der Waals surface area contributed by atoms with Crippen LogP contribution in [0.25, 0.3) is 0 Å². The molecule has 0 aliphatic heterocycles. The average molecular weight is 195 g/mol. The van der Waals surface area contributed by atoms with Crippen molar-refractivity contribution in [2.75, 3.05) is 7.05 Å². The lowest BCUT2D eigenvalue weighted by Gasteiger charge is -2.17. The van der Waals surface area contributed by atoms with E-state index in [-0.39, 0.29) is 6.04 Å². The summed E-state index contributed by atoms with van der Waals surface area (Å²) < 4.78 is 0. The predicted octanol–water partition coefficient (Wildman–Crippen LogP) is 0.518. The number of aliphatic hydroxyl groups excluding tert-OH is 1. The second-order valence-electron chi connectivity index (χ2n) is 3.33. The molecule has 3 heteroatoms. The van der Waals surface area contributed by atoms with Gasteiger partial charge in [0.2, 0.25) is 0 Å². The highest BCUT2D eigenvalue weighted by molar-refractivity contribution is 5.14. The average Bonchev–Trinajstić information content (AvgIpc) is 2.20. The van der Waals surface area contributed by atoms with E-state index in [0.717, 1.165) is 12.8 Å². The van der Waals surface area contributed by atoms with E-state index in [0.29, 0.717) is 0 Å². The maximum atomic E-state index is 8.98. The third kappa shape index (κ3) is 3.46. The summed E-state index contributed by atoms with van der Waals surface area (Å²) in [6.07, 6.45) is 0.283. The molecule has 0 heterocycles. The number of rotatable bonds is 5. The first-order valence-electron chi connectivity index (χ1n) is 4.81. The number of likely N-dealkylation sites (N-methyl/N-ethyl adjacent to an activating group) is 1. The zero-order valence-corrected chi connectivity index (χ0v) is 8.35. The maximum Gasteiger partial charge on any atom is 0.167 e. The van der Waals surface area contributed by atoms with Crippen molar-refractivity contribution < 1.29 is 10.2 Å². The molecular weight excluding hydrogens is 178 g/mol. The Hall–Kier alpha value is -0.900. The molecule has 1 aromatic rings. The zero-order valence-electron chi connectivity index (χ0n) is 8.35. The third-order valence-electron chi connectivity index (χ3n) is 2.32. The largest absolute Gasteiger partial charge is 0.367 e. The van der Waals surface area contributed by atoms with E-state index >= 15 is 0 Å². The standard InChI is InChI=1S/C11H17NO2/c1-12-10(11(13)14)8-7-9-5-3-2-4-6-9/h2-6,10-14H,7-8H2,1H3. The van der Waals surface area contributed by atoms with Gasteiger partial charge in [0.05, 0.1) is 6.04 Å². The van der Waals surface area contributed by atoms with Gasteiger partial charge in [-0.3, -0.25) is 0 Å². The third-order valence-corrected chi connectivity index (χ3v) is 2.32. The van der Waals surface area contributed by atoms with Crippen molar-refractivity contribution in [3.05, 3.63) is 35.9 Å². The van der Waals surface area contributed by atoms with Crippen LogP contribution in [0.3, 0.4) is 0 Å². The minimum absolute atomic E-state index is 0.254. The number of hydrogen-bond acceptors (Lipinski definition) is 3. The van der Waals surface area contributed by atoms with Gasteiger partial charge in [-0.1, -0.05) is 30.3 Å². The molecule has 0 bridgehead atoms. The van der Waals surface area contributed by atoms with E-state index in [1.807, 2.05) is 30.3 Å². The van der Waals surface area contributed by atoms with Crippen LogP contribution < -0.4 is 5.32 Å². The first kappa shape index (κ1) is 11.2. The van der Waals surface area contributed by atoms with Crippen LogP contribution in [0.5, 0.6) is 0 Å². The number of aliphatic hydroxyl groups is 2. The van der Waals surface area contributed by atoms with Gasteiger partial charge >= 0.3 is 0 Å². The van der Waals surface area contributed by atoms with E-state index < -0.39 is 6.29 Å². The molecule has 3 nitrogen and oxygen atoms in total. The molecule has 3 N–H and O–H groups in total. The van der Waals surface area contributed by atoms with Crippen LogP contribution in [-0.2, 0) is 6.42 Å². The van der Waals surface area contributed by atoms with Gasteiger partial charge in [-0.15, -0.1) is 0 Å². The molecule has 0 saturated heterocycles. The Morgan fingerprint density at radius 1 is 1.21 bits per heavy atom. The highest BCUT2D eigenvalue weighted by atomic mass is 16.5. The molecule has 1 aromatic carbocycles. The lowest BCUT2D eigenvalue weighted by molar-refractivity contribution is -0.0668. The van der Waals surface area contributed by atoms with Crippen LogP contribution in [0.4, 0.5) is 0 Å². The fourth-order valence-corrected chi connectivity index (χ4v) is 1.41. The fraction of sp³-hybridized carbons (Fsp3) is 0.455. The van der Waals surface area contributed by atoms with Crippen LogP contribution in [0.2, 0.25) is 0 Å². The normalized spacial score (nSPS) is 13.1. The number of hydrogen-bond donors (Lipinski definition) is 3. The molecule has 0 radical (unpaired) electrons. The molecule has 0 aliphatic carbocycles. The summed E-state index contributed by atoms with van der Waals surface area (Å²) in [4.78, 5) is 0. The van der Waals surface area contributed by atoms with Crippen LogP contribution >= 0.6 is 0 Å². The monoisotopic (exact) mass is 195 g/mol. The van der Waals surface area contributed by atoms with Gasteiger partial charge in [0.25, 0.3) is 0 Å². The molecule has 0 aliphatic rings. The Balaban J connectivity index is 2.40. The summed E-state index contributed by atoms with van der Waals surface area (Å²) >= 11 is 0. The zero-order chi connectivity index (χ0) is 10.4. The van der Waals surface area contributed by atoms with Gasteiger partial charge in [-0.2, -0.15) is 0 Å². The van der Waals surface area contributed by atoms with Crippen molar-refractivity contribution in [2.24, 2.45) is 0 Å². The molecule has 1 atom stereocenters. The lowest BCUT2D eigenvalue weighted by Crippen LogP contribution is -2.37. The predicted molar refractivity (Wildman–Crippen MR) is 55.8 cm³/mol. The van der Waals surface area contributed by atoms with E-state index in [1.165, 1.54) is 5.56 Å². The maximum absolute atomic E-state index is 8.98. The molecule has 78 valence electrons. The van der Waals surface area contributed by atoms with E-state index in [4.69, 9.17) is 10.2 Å². The number of nitrogens with one attached hydrogen (secondary N) is 1. The summed E-state index contributed by atoms with van der Waals surface area (Å²) in [7, 11) is 1.73. The van der Waals surface area contributed by atoms with Crippen LogP contribution in [0.1, 0.15) is 12.0 Å². The number of aryl methyl sites for hydroxylation is 1. The van der Waals surface area contributed by atoms with Crippen molar-refractivity contribution >= 4 is 0 Å². The molecule has 0 spiro atoms. The summed E-state index contributed by atoms with van der Waals surface area (Å²) in [6.45, 7) is 0. The Labute approximate surface area is 84.4 Å². The summed E-state index contributed by atoms with van der Waals surface area (Å²) in [5.74, 6) is 0. The van der Waals surface area contributed by atoms with Gasteiger partial charge in [0.1, 0.15) is 0 Å². The minimum Gasteiger partial charge on any atom is -0.367 e. The SMILES string of the molecule is CNC(CCc1ccccc1)C(O)O. The van der Waals surface area contributed by atoms with Crippen LogP contribution in [0, 0.1) is 0 Å². The quantitative estimate of drug-likeness (QED) is 0.600. The van der Waals surface area contributed by atoms with Crippen molar-refractivity contribution in [1.82, 2.24) is 5.32 Å². The smallest absolute Gasteiger partial charge is 0.167 e. The number of benzene rings is 1. The van der Waals surface area contributed by atoms with Crippen molar-refractivity contribution in [2.45, 2.75) is 25.2 Å². The molecule has 0 aromatic heterocycles. The van der Waals surface area contributed by atoms with Crippen molar-refractivity contribution in [1.29, 1.82) is 0 Å². The topological polar surface area (TPSA) is 52.5 Å². The molecule has 1 rings (SSSR count). The molecule has 0 amide bonds. The fourth-order valence-electron chi connectivity index (χ4n) is 1.41. The highest BCUT2D eigenvalue weighted by Gasteiger charge is 2.13. The van der Waals surface area contributed by atoms with Gasteiger partial charge in [0, 0.05) is 0 Å². The van der Waals surface area contributed by atoms with Crippen molar-refractivity contribution in [3.8, 4) is 0 Å².